The molecule has 0 saturated carbocycles. The van der Waals surface area contributed by atoms with Gasteiger partial charge in [-0.1, -0.05) is 72.1 Å². The van der Waals surface area contributed by atoms with E-state index in [2.05, 4.69) is 5.32 Å². The van der Waals surface area contributed by atoms with Gasteiger partial charge in [0, 0.05) is 27.2 Å². The molecule has 1 atom stereocenters. The number of halogens is 3. The SMILES string of the molecule is CCC(C(=O)NC(C)(C)C)N(Cc1ccc(Cl)cc1Cl)C(=O)CN(c1cc(Cl)ccc1C)S(=O)(=O)c1ccccc1. The van der Waals surface area contributed by atoms with Gasteiger partial charge < -0.3 is 10.2 Å². The number of carbonyl (C=O) groups is 2. The number of nitrogens with one attached hydrogen (secondary N) is 1. The summed E-state index contributed by atoms with van der Waals surface area (Å²) in [4.78, 5) is 29.0. The molecule has 0 fully saturated rings. The van der Waals surface area contributed by atoms with Crippen LogP contribution in [0.15, 0.2) is 71.6 Å². The summed E-state index contributed by atoms with van der Waals surface area (Å²) in [5.74, 6) is -0.958. The van der Waals surface area contributed by atoms with Gasteiger partial charge in [-0.05, 0) is 81.6 Å². The van der Waals surface area contributed by atoms with Gasteiger partial charge in [0.1, 0.15) is 12.6 Å². The molecular weight excluding hydrogens is 605 g/mol. The fourth-order valence-electron chi connectivity index (χ4n) is 4.29. The van der Waals surface area contributed by atoms with Crippen molar-refractivity contribution >= 4 is 62.3 Å². The Hall–Kier alpha value is -2.78. The van der Waals surface area contributed by atoms with Crippen molar-refractivity contribution in [2.75, 3.05) is 10.8 Å². The molecule has 3 aromatic rings. The van der Waals surface area contributed by atoms with E-state index in [-0.39, 0.29) is 29.5 Å². The van der Waals surface area contributed by atoms with Gasteiger partial charge in [0.05, 0.1) is 10.6 Å². The molecule has 220 valence electrons. The first-order valence-electron chi connectivity index (χ1n) is 13.0. The molecule has 11 heteroatoms. The summed E-state index contributed by atoms with van der Waals surface area (Å²) in [6.07, 6.45) is 0.278. The number of sulfonamides is 1. The summed E-state index contributed by atoms with van der Waals surface area (Å²) >= 11 is 18.8. The number of hydrogen-bond acceptors (Lipinski definition) is 4. The van der Waals surface area contributed by atoms with Crippen molar-refractivity contribution in [2.24, 2.45) is 0 Å². The molecule has 0 radical (unpaired) electrons. The molecular formula is C30H34Cl3N3O4S. The van der Waals surface area contributed by atoms with Gasteiger partial charge in [0.15, 0.2) is 0 Å². The smallest absolute Gasteiger partial charge is 0.264 e. The zero-order chi connectivity index (χ0) is 30.5. The second-order valence-corrected chi connectivity index (χ2v) is 13.8. The molecule has 0 aliphatic heterocycles. The van der Waals surface area contributed by atoms with Gasteiger partial charge in [-0.2, -0.15) is 0 Å². The Morgan fingerprint density at radius 3 is 2.12 bits per heavy atom. The van der Waals surface area contributed by atoms with Gasteiger partial charge in [0.2, 0.25) is 11.8 Å². The van der Waals surface area contributed by atoms with Crippen LogP contribution in [-0.2, 0) is 26.2 Å². The minimum Gasteiger partial charge on any atom is -0.350 e. The van der Waals surface area contributed by atoms with E-state index in [1.165, 1.54) is 23.1 Å². The largest absolute Gasteiger partial charge is 0.350 e. The quantitative estimate of drug-likeness (QED) is 0.263. The molecule has 0 saturated heterocycles. The van der Waals surface area contributed by atoms with Crippen LogP contribution in [0.4, 0.5) is 5.69 Å². The maximum Gasteiger partial charge on any atom is 0.264 e. The van der Waals surface area contributed by atoms with E-state index >= 15 is 0 Å². The molecule has 0 heterocycles. The molecule has 0 spiro atoms. The summed E-state index contributed by atoms with van der Waals surface area (Å²) in [6.45, 7) is 8.43. The van der Waals surface area contributed by atoms with Crippen molar-refractivity contribution in [3.63, 3.8) is 0 Å². The number of rotatable bonds is 10. The topological polar surface area (TPSA) is 86.8 Å². The van der Waals surface area contributed by atoms with Crippen LogP contribution in [0.2, 0.25) is 15.1 Å². The van der Waals surface area contributed by atoms with E-state index in [0.717, 1.165) is 4.31 Å². The van der Waals surface area contributed by atoms with Crippen LogP contribution in [0.3, 0.4) is 0 Å². The Morgan fingerprint density at radius 2 is 1.54 bits per heavy atom. The van der Waals surface area contributed by atoms with Crippen LogP contribution in [0.25, 0.3) is 0 Å². The number of nitrogens with zero attached hydrogens (tertiary/aromatic N) is 2. The molecule has 3 rings (SSSR count). The highest BCUT2D eigenvalue weighted by Gasteiger charge is 2.35. The lowest BCUT2D eigenvalue weighted by atomic mass is 10.1. The van der Waals surface area contributed by atoms with E-state index in [0.29, 0.717) is 26.2 Å². The number of hydrogen-bond donors (Lipinski definition) is 1. The maximum atomic E-state index is 14.2. The van der Waals surface area contributed by atoms with Crippen LogP contribution < -0.4 is 9.62 Å². The molecule has 0 aromatic heterocycles. The molecule has 3 aromatic carbocycles. The maximum absolute atomic E-state index is 14.2. The first-order valence-corrected chi connectivity index (χ1v) is 15.6. The van der Waals surface area contributed by atoms with Gasteiger partial charge in [-0.15, -0.1) is 0 Å². The molecule has 0 aliphatic carbocycles. The molecule has 7 nitrogen and oxygen atoms in total. The normalized spacial score (nSPS) is 12.5. The van der Waals surface area contributed by atoms with Crippen molar-refractivity contribution in [2.45, 2.75) is 64.1 Å². The number of carbonyl (C=O) groups excluding carboxylic acids is 2. The van der Waals surface area contributed by atoms with E-state index in [1.54, 1.807) is 62.4 Å². The van der Waals surface area contributed by atoms with Crippen molar-refractivity contribution < 1.29 is 18.0 Å². The molecule has 1 unspecified atom stereocenters. The van der Waals surface area contributed by atoms with Crippen LogP contribution in [0.1, 0.15) is 45.2 Å². The van der Waals surface area contributed by atoms with Crippen molar-refractivity contribution in [1.29, 1.82) is 0 Å². The average Bonchev–Trinajstić information content (AvgIpc) is 2.89. The van der Waals surface area contributed by atoms with E-state index in [4.69, 9.17) is 34.8 Å². The van der Waals surface area contributed by atoms with Crippen molar-refractivity contribution in [3.8, 4) is 0 Å². The summed E-state index contributed by atoms with van der Waals surface area (Å²) in [7, 11) is -4.21. The third-order valence-corrected chi connectivity index (χ3v) is 8.89. The third-order valence-electron chi connectivity index (χ3n) is 6.29. The Morgan fingerprint density at radius 1 is 0.927 bits per heavy atom. The van der Waals surface area contributed by atoms with Crippen molar-refractivity contribution in [1.82, 2.24) is 10.2 Å². The number of benzene rings is 3. The summed E-state index contributed by atoms with van der Waals surface area (Å²) in [5.41, 5.74) is 0.860. The summed E-state index contributed by atoms with van der Waals surface area (Å²) in [5, 5.41) is 3.99. The predicted molar refractivity (Wildman–Crippen MR) is 166 cm³/mol. The lowest BCUT2D eigenvalue weighted by molar-refractivity contribution is -0.141. The molecule has 0 bridgehead atoms. The van der Waals surface area contributed by atoms with Crippen LogP contribution in [0, 0.1) is 6.92 Å². The van der Waals surface area contributed by atoms with Crippen LogP contribution >= 0.6 is 34.8 Å². The molecule has 1 N–H and O–H groups in total. The van der Waals surface area contributed by atoms with Gasteiger partial charge in [0.25, 0.3) is 10.0 Å². The standard InChI is InChI=1S/C30H34Cl3N3O4S/c1-6-26(29(38)34-30(3,4)5)35(18-21-13-15-22(31)16-25(21)33)28(37)19-36(27-17-23(32)14-12-20(27)2)41(39,40)24-10-8-7-9-11-24/h7-17,26H,6,18-19H2,1-5H3,(H,34,38). The van der Waals surface area contributed by atoms with Crippen LogP contribution in [0.5, 0.6) is 0 Å². The lowest BCUT2D eigenvalue weighted by Gasteiger charge is -2.35. The van der Waals surface area contributed by atoms with Gasteiger partial charge in [-0.3, -0.25) is 13.9 Å². The number of aryl methyl sites for hydroxylation is 1. The highest BCUT2D eigenvalue weighted by atomic mass is 35.5. The van der Waals surface area contributed by atoms with Crippen molar-refractivity contribution in [3.05, 3.63) is 92.9 Å². The Labute approximate surface area is 257 Å². The fraction of sp³-hybridized carbons (Fsp3) is 0.333. The zero-order valence-corrected chi connectivity index (χ0v) is 26.7. The fourth-order valence-corrected chi connectivity index (χ4v) is 6.42. The zero-order valence-electron chi connectivity index (χ0n) is 23.6. The summed E-state index contributed by atoms with van der Waals surface area (Å²) < 4.78 is 29.0. The number of amides is 2. The number of anilines is 1. The van der Waals surface area contributed by atoms with Gasteiger partial charge in [-0.25, -0.2) is 8.42 Å². The Kier molecular flexibility index (Phi) is 10.7. The molecule has 41 heavy (non-hydrogen) atoms. The average molecular weight is 639 g/mol. The molecule has 0 aliphatic rings. The molecule has 2 amide bonds. The summed E-state index contributed by atoms with van der Waals surface area (Å²) in [6, 6.07) is 16.7. The first-order chi connectivity index (χ1) is 19.1. The minimum absolute atomic E-state index is 0.0111. The Bertz CT molecular complexity index is 1510. The van der Waals surface area contributed by atoms with E-state index in [9.17, 15) is 18.0 Å². The Balaban J connectivity index is 2.13. The second kappa shape index (κ2) is 13.5. The minimum atomic E-state index is -4.21. The van der Waals surface area contributed by atoms with E-state index in [1.807, 2.05) is 20.8 Å². The predicted octanol–water partition coefficient (Wildman–Crippen LogP) is 6.87. The van der Waals surface area contributed by atoms with Gasteiger partial charge >= 0.3 is 0 Å². The lowest BCUT2D eigenvalue weighted by Crippen LogP contribution is -2.55. The van der Waals surface area contributed by atoms with Crippen LogP contribution in [-0.4, -0.2) is 43.3 Å². The first kappa shape index (κ1) is 32.7. The van der Waals surface area contributed by atoms with E-state index < -0.39 is 34.1 Å². The highest BCUT2D eigenvalue weighted by molar-refractivity contribution is 7.92. The third kappa shape index (κ3) is 8.38. The monoisotopic (exact) mass is 637 g/mol. The highest BCUT2D eigenvalue weighted by Crippen LogP contribution is 2.30. The second-order valence-electron chi connectivity index (χ2n) is 10.7.